The molecule has 1 aliphatic rings. The fraction of sp³-hybridized carbons (Fsp3) is 0.500. The van der Waals surface area contributed by atoms with Gasteiger partial charge in [0.15, 0.2) is 11.5 Å². The van der Waals surface area contributed by atoms with Gasteiger partial charge in [0.1, 0.15) is 5.75 Å². The van der Waals surface area contributed by atoms with Crippen molar-refractivity contribution in [1.29, 1.82) is 0 Å². The molecule has 0 aliphatic carbocycles. The van der Waals surface area contributed by atoms with Crippen LogP contribution in [0.25, 0.3) is 0 Å². The van der Waals surface area contributed by atoms with Gasteiger partial charge in [-0.2, -0.15) is 0 Å². The second-order valence-corrected chi connectivity index (χ2v) is 4.85. The normalized spacial score (nSPS) is 12.7. The molecule has 0 bridgehead atoms. The largest absolute Gasteiger partial charge is 0.507 e. The summed E-state index contributed by atoms with van der Waals surface area (Å²) in [5.74, 6) is 1.19. The molecule has 0 radical (unpaired) electrons. The first-order valence-electron chi connectivity index (χ1n) is 6.66. The molecule has 1 aromatic rings. The molecule has 116 valence electrons. The van der Waals surface area contributed by atoms with Crippen molar-refractivity contribution in [1.82, 2.24) is 10.2 Å². The molecule has 7 nitrogen and oxygen atoms in total. The highest BCUT2D eigenvalue weighted by molar-refractivity contribution is 5.77. The lowest BCUT2D eigenvalue weighted by atomic mass is 10.1. The summed E-state index contributed by atoms with van der Waals surface area (Å²) in [6.45, 7) is 1.80. The van der Waals surface area contributed by atoms with Crippen LogP contribution in [-0.4, -0.2) is 56.6 Å². The topological polar surface area (TPSA) is 80.3 Å². The lowest BCUT2D eigenvalue weighted by Gasteiger charge is -2.17. The van der Waals surface area contributed by atoms with Gasteiger partial charge in [-0.1, -0.05) is 0 Å². The molecule has 2 rings (SSSR count). The molecule has 1 aromatic carbocycles. The van der Waals surface area contributed by atoms with Gasteiger partial charge in [-0.3, -0.25) is 9.69 Å². The zero-order chi connectivity index (χ0) is 15.2. The molecular formula is C14H20N2O5. The Kier molecular flexibility index (Phi) is 5.24. The summed E-state index contributed by atoms with van der Waals surface area (Å²) in [4.78, 5) is 13.5. The van der Waals surface area contributed by atoms with Crippen LogP contribution < -0.4 is 14.8 Å². The van der Waals surface area contributed by atoms with Gasteiger partial charge in [0.05, 0.1) is 13.2 Å². The van der Waals surface area contributed by atoms with Crippen LogP contribution in [0.1, 0.15) is 5.56 Å². The van der Waals surface area contributed by atoms with Crippen molar-refractivity contribution < 1.29 is 24.1 Å². The predicted octanol–water partition coefficient (Wildman–Crippen LogP) is 0.315. The van der Waals surface area contributed by atoms with Crippen LogP contribution in [0, 0.1) is 0 Å². The summed E-state index contributed by atoms with van der Waals surface area (Å²) in [5, 5.41) is 12.7. The fourth-order valence-corrected chi connectivity index (χ4v) is 2.04. The number of phenols is 1. The van der Waals surface area contributed by atoms with Crippen molar-refractivity contribution in [3.05, 3.63) is 17.7 Å². The molecule has 0 fully saturated rings. The van der Waals surface area contributed by atoms with E-state index in [0.717, 1.165) is 0 Å². The smallest absolute Gasteiger partial charge is 0.234 e. The van der Waals surface area contributed by atoms with E-state index in [1.54, 1.807) is 25.1 Å². The molecule has 0 atom stereocenters. The number of benzene rings is 1. The minimum Gasteiger partial charge on any atom is -0.507 e. The Morgan fingerprint density at radius 1 is 1.43 bits per heavy atom. The molecule has 0 aromatic heterocycles. The molecule has 1 aliphatic heterocycles. The van der Waals surface area contributed by atoms with Crippen molar-refractivity contribution in [2.75, 3.05) is 40.6 Å². The van der Waals surface area contributed by atoms with Gasteiger partial charge < -0.3 is 24.6 Å². The number of carbonyl (C=O) groups is 1. The summed E-state index contributed by atoms with van der Waals surface area (Å²) in [6, 6.07) is 3.27. The number of methoxy groups -OCH3 is 1. The number of amides is 1. The van der Waals surface area contributed by atoms with Crippen molar-refractivity contribution in [3.63, 3.8) is 0 Å². The Balaban J connectivity index is 1.88. The van der Waals surface area contributed by atoms with Gasteiger partial charge in [0.25, 0.3) is 0 Å². The van der Waals surface area contributed by atoms with E-state index in [1.165, 1.54) is 6.07 Å². The first-order chi connectivity index (χ1) is 10.1. The minimum atomic E-state index is -0.0882. The Hall–Kier alpha value is -1.99. The van der Waals surface area contributed by atoms with Gasteiger partial charge in [-0.05, 0) is 13.1 Å². The van der Waals surface area contributed by atoms with Crippen molar-refractivity contribution in [2.45, 2.75) is 6.54 Å². The molecule has 0 unspecified atom stereocenters. The number of likely N-dealkylation sites (N-methyl/N-ethyl adjacent to an activating group) is 1. The minimum absolute atomic E-state index is 0.0882. The number of hydrogen-bond donors (Lipinski definition) is 2. The maximum absolute atomic E-state index is 11.7. The standard InChI is InChI=1S/C14H20N2O5/c1-16(8-14(18)15-3-4-19-2)7-10-5-12-13(6-11(10)17)21-9-20-12/h5-6,17H,3-4,7-9H2,1-2H3,(H,15,18). The number of phenolic OH excluding ortho intramolecular Hbond substituents is 1. The van der Waals surface area contributed by atoms with E-state index >= 15 is 0 Å². The van der Waals surface area contributed by atoms with E-state index in [-0.39, 0.29) is 25.0 Å². The zero-order valence-electron chi connectivity index (χ0n) is 12.2. The molecule has 21 heavy (non-hydrogen) atoms. The van der Waals surface area contributed by atoms with E-state index < -0.39 is 0 Å². The third-order valence-corrected chi connectivity index (χ3v) is 3.06. The maximum Gasteiger partial charge on any atom is 0.234 e. The molecule has 7 heteroatoms. The maximum atomic E-state index is 11.7. The Morgan fingerprint density at radius 3 is 2.86 bits per heavy atom. The van der Waals surface area contributed by atoms with Crippen LogP contribution in [0.2, 0.25) is 0 Å². The summed E-state index contributed by atoms with van der Waals surface area (Å²) in [5.41, 5.74) is 0.687. The van der Waals surface area contributed by atoms with Crippen LogP contribution in [0.5, 0.6) is 17.2 Å². The Bertz CT molecular complexity index is 506. The van der Waals surface area contributed by atoms with Gasteiger partial charge in [0, 0.05) is 31.8 Å². The number of rotatable bonds is 7. The second kappa shape index (κ2) is 7.14. The SMILES string of the molecule is COCCNC(=O)CN(C)Cc1cc2c(cc1O)OCO2. The van der Waals surface area contributed by atoms with Gasteiger partial charge in [0.2, 0.25) is 12.7 Å². The van der Waals surface area contributed by atoms with Crippen molar-refractivity contribution in [2.24, 2.45) is 0 Å². The summed E-state index contributed by atoms with van der Waals surface area (Å²) >= 11 is 0. The number of carbonyl (C=O) groups excluding carboxylic acids is 1. The molecule has 0 saturated heterocycles. The number of fused-ring (bicyclic) bond motifs is 1. The summed E-state index contributed by atoms with van der Waals surface area (Å²) in [6.07, 6.45) is 0. The monoisotopic (exact) mass is 296 g/mol. The van der Waals surface area contributed by atoms with E-state index in [1.807, 2.05) is 0 Å². The van der Waals surface area contributed by atoms with Crippen LogP contribution in [0.15, 0.2) is 12.1 Å². The second-order valence-electron chi connectivity index (χ2n) is 4.85. The highest BCUT2D eigenvalue weighted by Gasteiger charge is 2.18. The lowest BCUT2D eigenvalue weighted by molar-refractivity contribution is -0.122. The number of aromatic hydroxyl groups is 1. The van der Waals surface area contributed by atoms with E-state index in [4.69, 9.17) is 14.2 Å². The van der Waals surface area contributed by atoms with Crippen molar-refractivity contribution in [3.8, 4) is 17.2 Å². The van der Waals surface area contributed by atoms with Crippen LogP contribution in [-0.2, 0) is 16.1 Å². The van der Waals surface area contributed by atoms with Crippen LogP contribution in [0.3, 0.4) is 0 Å². The third-order valence-electron chi connectivity index (χ3n) is 3.06. The number of nitrogens with one attached hydrogen (secondary N) is 1. The number of hydrogen-bond acceptors (Lipinski definition) is 6. The molecule has 0 spiro atoms. The molecule has 1 amide bonds. The first-order valence-corrected chi connectivity index (χ1v) is 6.66. The van der Waals surface area contributed by atoms with Crippen LogP contribution >= 0.6 is 0 Å². The molecule has 0 saturated carbocycles. The highest BCUT2D eigenvalue weighted by atomic mass is 16.7. The zero-order valence-corrected chi connectivity index (χ0v) is 12.2. The van der Waals surface area contributed by atoms with E-state index in [9.17, 15) is 9.90 Å². The van der Waals surface area contributed by atoms with E-state index in [2.05, 4.69) is 5.32 Å². The predicted molar refractivity (Wildman–Crippen MR) is 75.4 cm³/mol. The fourth-order valence-electron chi connectivity index (χ4n) is 2.04. The molecule has 1 heterocycles. The summed E-state index contributed by atoms with van der Waals surface area (Å²) < 4.78 is 15.3. The molecular weight excluding hydrogens is 276 g/mol. The number of ether oxygens (including phenoxy) is 3. The summed E-state index contributed by atoms with van der Waals surface area (Å²) in [7, 11) is 3.39. The van der Waals surface area contributed by atoms with Gasteiger partial charge in [-0.15, -0.1) is 0 Å². The van der Waals surface area contributed by atoms with E-state index in [0.29, 0.717) is 36.8 Å². The average Bonchev–Trinajstić information content (AvgIpc) is 2.86. The quantitative estimate of drug-likeness (QED) is 0.705. The van der Waals surface area contributed by atoms with Crippen molar-refractivity contribution >= 4 is 5.91 Å². The van der Waals surface area contributed by atoms with Gasteiger partial charge >= 0.3 is 0 Å². The van der Waals surface area contributed by atoms with Gasteiger partial charge in [-0.25, -0.2) is 0 Å². The first kappa shape index (κ1) is 15.4. The third kappa shape index (κ3) is 4.24. The average molecular weight is 296 g/mol. The highest BCUT2D eigenvalue weighted by Crippen LogP contribution is 2.37. The Morgan fingerprint density at radius 2 is 2.14 bits per heavy atom. The number of nitrogens with zero attached hydrogens (tertiary/aromatic N) is 1. The molecule has 2 N–H and O–H groups in total. The Labute approximate surface area is 123 Å². The van der Waals surface area contributed by atoms with Crippen LogP contribution in [0.4, 0.5) is 0 Å². The lowest BCUT2D eigenvalue weighted by Crippen LogP contribution is -2.36.